The first-order valence-corrected chi connectivity index (χ1v) is 11.6. The summed E-state index contributed by atoms with van der Waals surface area (Å²) >= 11 is 0.522. The fraction of sp³-hybridized carbons (Fsp3) is 0.455. The third-order valence-corrected chi connectivity index (χ3v) is 7.25. The summed E-state index contributed by atoms with van der Waals surface area (Å²) in [5.74, 6) is 0. The Morgan fingerprint density at radius 3 is 2.36 bits per heavy atom. The quantitative estimate of drug-likeness (QED) is 0.599. The number of hydrogen-bond donors (Lipinski definition) is 0. The summed E-state index contributed by atoms with van der Waals surface area (Å²) in [5.41, 5.74) is 1.26. The Labute approximate surface area is 158 Å². The van der Waals surface area contributed by atoms with E-state index < -0.39 is 0 Å². The van der Waals surface area contributed by atoms with Gasteiger partial charge in [0.05, 0.1) is 0 Å². The first-order chi connectivity index (χ1) is 12.4. The average molecular weight is 402 g/mol. The van der Waals surface area contributed by atoms with Crippen LogP contribution in [-0.2, 0) is 11.4 Å². The molecule has 3 heteroatoms. The zero-order valence-electron chi connectivity index (χ0n) is 15.1. The molecule has 0 N–H and O–H groups in total. The predicted molar refractivity (Wildman–Crippen MR) is 106 cm³/mol. The van der Waals surface area contributed by atoms with Gasteiger partial charge < -0.3 is 0 Å². The molecular formula is C22H29NOSe. The molecule has 0 bridgehead atoms. The molecule has 1 saturated heterocycles. The second kappa shape index (κ2) is 10.1. The van der Waals surface area contributed by atoms with Crippen LogP contribution in [0.2, 0.25) is 5.32 Å². The van der Waals surface area contributed by atoms with Gasteiger partial charge in [0.2, 0.25) is 0 Å². The molecule has 0 saturated carbocycles. The van der Waals surface area contributed by atoms with E-state index >= 15 is 0 Å². The topological polar surface area (TPSA) is 12.5 Å². The summed E-state index contributed by atoms with van der Waals surface area (Å²) in [6.45, 7) is 2.97. The van der Waals surface area contributed by atoms with Crippen LogP contribution in [0.3, 0.4) is 0 Å². The van der Waals surface area contributed by atoms with Crippen molar-refractivity contribution in [1.82, 2.24) is 5.06 Å². The van der Waals surface area contributed by atoms with Crippen LogP contribution >= 0.6 is 0 Å². The van der Waals surface area contributed by atoms with Crippen molar-refractivity contribution in [3.05, 3.63) is 66.2 Å². The SMILES string of the molecule is CCC[C@@H]1CCC[C@H](C[Se]c2ccccc2)N1OCc1ccccc1. The van der Waals surface area contributed by atoms with E-state index in [0.29, 0.717) is 33.6 Å². The Hall–Kier alpha value is -1.12. The minimum atomic E-state index is 0.522. The van der Waals surface area contributed by atoms with Crippen molar-refractivity contribution < 1.29 is 4.84 Å². The van der Waals surface area contributed by atoms with Gasteiger partial charge in [-0.1, -0.05) is 0 Å². The van der Waals surface area contributed by atoms with Crippen LogP contribution in [0.1, 0.15) is 44.6 Å². The number of hydrogen-bond acceptors (Lipinski definition) is 2. The minimum absolute atomic E-state index is 0.522. The van der Waals surface area contributed by atoms with Crippen LogP contribution in [0.15, 0.2) is 60.7 Å². The molecule has 134 valence electrons. The molecule has 0 unspecified atom stereocenters. The third kappa shape index (κ3) is 5.69. The number of rotatable bonds is 8. The van der Waals surface area contributed by atoms with Crippen LogP contribution < -0.4 is 4.46 Å². The molecule has 2 atom stereocenters. The summed E-state index contributed by atoms with van der Waals surface area (Å²) < 4.78 is 1.50. The maximum atomic E-state index is 6.38. The summed E-state index contributed by atoms with van der Waals surface area (Å²) in [5, 5.41) is 3.62. The van der Waals surface area contributed by atoms with E-state index in [2.05, 4.69) is 72.7 Å². The van der Waals surface area contributed by atoms with Gasteiger partial charge >= 0.3 is 159 Å². The molecule has 0 spiro atoms. The first-order valence-electron chi connectivity index (χ1n) is 9.50. The van der Waals surface area contributed by atoms with Gasteiger partial charge in [-0.05, 0) is 0 Å². The van der Waals surface area contributed by atoms with Gasteiger partial charge in [-0.2, -0.15) is 0 Å². The molecule has 0 aliphatic carbocycles. The predicted octanol–water partition coefficient (Wildman–Crippen LogP) is 4.59. The second-order valence-corrected chi connectivity index (χ2v) is 9.06. The number of benzene rings is 2. The van der Waals surface area contributed by atoms with Crippen molar-refractivity contribution >= 4 is 19.4 Å². The molecule has 1 fully saturated rings. The van der Waals surface area contributed by atoms with Crippen molar-refractivity contribution in [3.63, 3.8) is 0 Å². The third-order valence-electron chi connectivity index (χ3n) is 4.83. The maximum absolute atomic E-state index is 6.38. The Morgan fingerprint density at radius 1 is 0.960 bits per heavy atom. The van der Waals surface area contributed by atoms with E-state index in [-0.39, 0.29) is 0 Å². The standard InChI is InChI=1S/C22H29NOSe/c1-2-10-20-13-9-14-21(18-25-22-15-7-4-8-16-22)23(20)24-17-19-11-5-3-6-12-19/h3-8,11-12,15-16,20-21H,2,9-10,13-14,17-18H2,1H3/t20-,21-/m1/s1. The molecule has 1 aliphatic heterocycles. The summed E-state index contributed by atoms with van der Waals surface area (Å²) in [6, 6.07) is 22.6. The number of piperidine rings is 1. The van der Waals surface area contributed by atoms with Crippen LogP contribution in [0.5, 0.6) is 0 Å². The van der Waals surface area contributed by atoms with Crippen LogP contribution in [-0.4, -0.2) is 32.1 Å². The molecular weight excluding hydrogens is 373 g/mol. The molecule has 0 radical (unpaired) electrons. The van der Waals surface area contributed by atoms with Gasteiger partial charge in [-0.25, -0.2) is 0 Å². The summed E-state index contributed by atoms with van der Waals surface area (Å²) in [6.07, 6.45) is 6.35. The van der Waals surface area contributed by atoms with Crippen molar-refractivity contribution in [3.8, 4) is 0 Å². The van der Waals surface area contributed by atoms with E-state index in [1.54, 1.807) is 0 Å². The Bertz CT molecular complexity index is 602. The monoisotopic (exact) mass is 403 g/mol. The van der Waals surface area contributed by atoms with Crippen molar-refractivity contribution in [1.29, 1.82) is 0 Å². The summed E-state index contributed by atoms with van der Waals surface area (Å²) in [7, 11) is 0. The zero-order chi connectivity index (χ0) is 17.3. The zero-order valence-corrected chi connectivity index (χ0v) is 16.9. The molecule has 1 heterocycles. The molecule has 0 amide bonds. The average Bonchev–Trinajstić information content (AvgIpc) is 2.67. The molecule has 2 aromatic rings. The van der Waals surface area contributed by atoms with Gasteiger partial charge in [0.1, 0.15) is 0 Å². The Kier molecular flexibility index (Phi) is 7.56. The van der Waals surface area contributed by atoms with Crippen LogP contribution in [0.4, 0.5) is 0 Å². The first kappa shape index (κ1) is 18.7. The Balaban J connectivity index is 1.63. The normalized spacial score (nSPS) is 21.3. The van der Waals surface area contributed by atoms with Gasteiger partial charge in [0.15, 0.2) is 0 Å². The van der Waals surface area contributed by atoms with Gasteiger partial charge in [0.25, 0.3) is 0 Å². The molecule has 2 nitrogen and oxygen atoms in total. The fourth-order valence-corrected chi connectivity index (χ4v) is 5.75. The van der Waals surface area contributed by atoms with Crippen LogP contribution in [0.25, 0.3) is 0 Å². The van der Waals surface area contributed by atoms with E-state index in [9.17, 15) is 0 Å². The molecule has 3 rings (SSSR count). The molecule has 2 aromatic carbocycles. The number of nitrogens with zero attached hydrogens (tertiary/aromatic N) is 1. The van der Waals surface area contributed by atoms with Crippen LogP contribution in [0, 0.1) is 0 Å². The number of hydroxylamine groups is 2. The van der Waals surface area contributed by atoms with Gasteiger partial charge in [-0.15, -0.1) is 0 Å². The van der Waals surface area contributed by atoms with Gasteiger partial charge in [0, 0.05) is 0 Å². The molecule has 0 aromatic heterocycles. The Morgan fingerprint density at radius 2 is 1.64 bits per heavy atom. The molecule has 25 heavy (non-hydrogen) atoms. The summed E-state index contributed by atoms with van der Waals surface area (Å²) in [4.78, 5) is 6.38. The molecule has 1 aliphatic rings. The van der Waals surface area contributed by atoms with Crippen molar-refractivity contribution in [2.24, 2.45) is 0 Å². The van der Waals surface area contributed by atoms with Crippen molar-refractivity contribution in [2.75, 3.05) is 0 Å². The van der Waals surface area contributed by atoms with E-state index in [1.807, 2.05) is 0 Å². The van der Waals surface area contributed by atoms with E-state index in [4.69, 9.17) is 4.84 Å². The fourth-order valence-electron chi connectivity index (χ4n) is 3.55. The van der Waals surface area contributed by atoms with E-state index in [0.717, 1.165) is 0 Å². The second-order valence-electron chi connectivity index (χ2n) is 6.77. The van der Waals surface area contributed by atoms with E-state index in [1.165, 1.54) is 47.4 Å². The van der Waals surface area contributed by atoms with Crippen molar-refractivity contribution in [2.45, 2.75) is 63.0 Å². The van der Waals surface area contributed by atoms with Gasteiger partial charge in [-0.3, -0.25) is 0 Å².